The number of benzene rings is 2. The van der Waals surface area contributed by atoms with Crippen molar-refractivity contribution in [2.45, 2.75) is 19.4 Å². The Balaban J connectivity index is 2.00. The Kier molecular flexibility index (Phi) is 4.68. The fourth-order valence-electron chi connectivity index (χ4n) is 1.99. The van der Waals surface area contributed by atoms with Gasteiger partial charge in [0.1, 0.15) is 5.82 Å². The van der Waals surface area contributed by atoms with Crippen LogP contribution in [-0.4, -0.2) is 5.91 Å². The molecule has 0 aromatic heterocycles. The summed E-state index contributed by atoms with van der Waals surface area (Å²) in [4.78, 5) is 12.1. The molecule has 1 N–H and O–H groups in total. The molecule has 0 spiro atoms. The molecule has 1 atom stereocenters. The maximum atomic E-state index is 13.7. The van der Waals surface area contributed by atoms with Gasteiger partial charge in [0.2, 0.25) is 5.91 Å². The zero-order chi connectivity index (χ0) is 15.2. The predicted molar refractivity (Wildman–Crippen MR) is 77.8 cm³/mol. The van der Waals surface area contributed by atoms with Crippen molar-refractivity contribution in [2.75, 3.05) is 0 Å². The molecule has 3 nitrogen and oxygen atoms in total. The molecule has 4 heteroatoms. The molecule has 1 amide bonds. The summed E-state index contributed by atoms with van der Waals surface area (Å²) in [7, 11) is 0. The van der Waals surface area contributed by atoms with Crippen LogP contribution in [0.15, 0.2) is 48.5 Å². The summed E-state index contributed by atoms with van der Waals surface area (Å²) in [6.07, 6.45) is 0. The average molecular weight is 282 g/mol. The van der Waals surface area contributed by atoms with Gasteiger partial charge in [-0.25, -0.2) is 4.39 Å². The second-order valence-corrected chi connectivity index (χ2v) is 4.77. The Morgan fingerprint density at radius 1 is 1.29 bits per heavy atom. The van der Waals surface area contributed by atoms with Gasteiger partial charge in [0.25, 0.3) is 0 Å². The molecule has 0 aliphatic rings. The smallest absolute Gasteiger partial charge is 0.227 e. The van der Waals surface area contributed by atoms with Crippen molar-refractivity contribution in [2.24, 2.45) is 0 Å². The summed E-state index contributed by atoms with van der Waals surface area (Å²) >= 11 is 0. The molecule has 2 aromatic rings. The largest absolute Gasteiger partial charge is 0.351 e. The fourth-order valence-corrected chi connectivity index (χ4v) is 1.99. The minimum atomic E-state index is -0.485. The minimum absolute atomic E-state index is 0.105. The normalized spacial score (nSPS) is 11.5. The van der Waals surface area contributed by atoms with Gasteiger partial charge in [-0.1, -0.05) is 36.4 Å². The number of rotatable bonds is 4. The van der Waals surface area contributed by atoms with Crippen LogP contribution in [0.25, 0.3) is 0 Å². The number of hydrogen-bond donors (Lipinski definition) is 1. The molecule has 106 valence electrons. The first kappa shape index (κ1) is 14.7. The van der Waals surface area contributed by atoms with E-state index in [4.69, 9.17) is 5.26 Å². The van der Waals surface area contributed by atoms with Gasteiger partial charge in [0.05, 0.1) is 17.6 Å². The summed E-state index contributed by atoms with van der Waals surface area (Å²) in [6.45, 7) is 1.91. The topological polar surface area (TPSA) is 52.9 Å². The number of halogens is 1. The van der Waals surface area contributed by atoms with E-state index in [-0.39, 0.29) is 23.9 Å². The van der Waals surface area contributed by atoms with Crippen LogP contribution in [0, 0.1) is 17.1 Å². The van der Waals surface area contributed by atoms with Crippen LogP contribution < -0.4 is 5.32 Å². The second-order valence-electron chi connectivity index (χ2n) is 4.77. The maximum absolute atomic E-state index is 13.7. The first-order valence-electron chi connectivity index (χ1n) is 6.63. The van der Waals surface area contributed by atoms with Crippen LogP contribution in [0.2, 0.25) is 0 Å². The summed E-state index contributed by atoms with van der Waals surface area (Å²) in [6, 6.07) is 15.5. The number of carbonyl (C=O) groups excluding carboxylic acids is 1. The Bertz CT molecular complexity index is 677. The van der Waals surface area contributed by atoms with Gasteiger partial charge in [-0.15, -0.1) is 0 Å². The van der Waals surface area contributed by atoms with Crippen molar-refractivity contribution in [3.05, 3.63) is 71.0 Å². The van der Waals surface area contributed by atoms with Crippen LogP contribution in [0.3, 0.4) is 0 Å². The predicted octanol–water partition coefficient (Wildman–Crippen LogP) is 3.12. The van der Waals surface area contributed by atoms with E-state index in [2.05, 4.69) is 5.32 Å². The number of carbonyl (C=O) groups is 1. The highest BCUT2D eigenvalue weighted by atomic mass is 19.1. The van der Waals surface area contributed by atoms with Gasteiger partial charge in [-0.3, -0.25) is 4.79 Å². The van der Waals surface area contributed by atoms with E-state index in [9.17, 15) is 9.18 Å². The van der Waals surface area contributed by atoms with Crippen molar-refractivity contribution in [3.63, 3.8) is 0 Å². The van der Waals surface area contributed by atoms with Crippen LogP contribution in [-0.2, 0) is 11.3 Å². The highest BCUT2D eigenvalue weighted by molar-refractivity contribution is 5.83. The number of nitrogens with one attached hydrogen (secondary N) is 1. The molecule has 0 bridgehead atoms. The molecule has 0 radical (unpaired) electrons. The van der Waals surface area contributed by atoms with Crippen molar-refractivity contribution in [3.8, 4) is 6.07 Å². The summed E-state index contributed by atoms with van der Waals surface area (Å²) in [5.41, 5.74) is 1.54. The Hall–Kier alpha value is -2.67. The molecule has 2 aromatic carbocycles. The highest BCUT2D eigenvalue weighted by Crippen LogP contribution is 2.15. The number of nitrogens with zero attached hydrogens (tertiary/aromatic N) is 1. The third-order valence-corrected chi connectivity index (χ3v) is 3.33. The van der Waals surface area contributed by atoms with Gasteiger partial charge in [-0.05, 0) is 24.6 Å². The summed E-state index contributed by atoms with van der Waals surface area (Å²) in [5.74, 6) is -0.945. The second kappa shape index (κ2) is 6.67. The van der Waals surface area contributed by atoms with Crippen LogP contribution in [0.1, 0.15) is 29.5 Å². The van der Waals surface area contributed by atoms with E-state index >= 15 is 0 Å². The lowest BCUT2D eigenvalue weighted by Gasteiger charge is -2.13. The van der Waals surface area contributed by atoms with Crippen LogP contribution in [0.5, 0.6) is 0 Å². The van der Waals surface area contributed by atoms with Gasteiger partial charge in [0, 0.05) is 12.1 Å². The minimum Gasteiger partial charge on any atom is -0.351 e. The Labute approximate surface area is 123 Å². The number of amides is 1. The van der Waals surface area contributed by atoms with Crippen LogP contribution in [0.4, 0.5) is 4.39 Å². The van der Waals surface area contributed by atoms with Gasteiger partial charge in [0.15, 0.2) is 0 Å². The lowest BCUT2D eigenvalue weighted by molar-refractivity contribution is -0.122. The fraction of sp³-hybridized carbons (Fsp3) is 0.176. The van der Waals surface area contributed by atoms with Gasteiger partial charge in [-0.2, -0.15) is 5.26 Å². The first-order chi connectivity index (χ1) is 10.1. The quantitative estimate of drug-likeness (QED) is 0.936. The lowest BCUT2D eigenvalue weighted by Crippen LogP contribution is -2.27. The average Bonchev–Trinajstić information content (AvgIpc) is 2.53. The Morgan fingerprint density at radius 3 is 2.62 bits per heavy atom. The van der Waals surface area contributed by atoms with Crippen LogP contribution >= 0.6 is 0 Å². The van der Waals surface area contributed by atoms with Crippen molar-refractivity contribution in [1.82, 2.24) is 5.32 Å². The molecular weight excluding hydrogens is 267 g/mol. The molecule has 0 fully saturated rings. The SMILES string of the molecule is CC(C(=O)NCc1ccc(C#N)cc1F)c1ccccc1. The molecule has 0 aliphatic heterocycles. The molecule has 21 heavy (non-hydrogen) atoms. The van der Waals surface area contributed by atoms with Gasteiger partial charge >= 0.3 is 0 Å². The van der Waals surface area contributed by atoms with E-state index in [0.29, 0.717) is 5.56 Å². The zero-order valence-corrected chi connectivity index (χ0v) is 11.6. The van der Waals surface area contributed by atoms with Gasteiger partial charge < -0.3 is 5.32 Å². The standard InChI is InChI=1S/C17H15FN2O/c1-12(14-5-3-2-4-6-14)17(21)20-11-15-8-7-13(10-19)9-16(15)18/h2-9,12H,11H2,1H3,(H,20,21). The Morgan fingerprint density at radius 2 is 2.00 bits per heavy atom. The molecule has 2 rings (SSSR count). The zero-order valence-electron chi connectivity index (χ0n) is 11.6. The molecule has 0 saturated carbocycles. The number of nitriles is 1. The first-order valence-corrected chi connectivity index (χ1v) is 6.63. The van der Waals surface area contributed by atoms with E-state index < -0.39 is 5.82 Å². The molecular formula is C17H15FN2O. The van der Waals surface area contributed by atoms with Crippen molar-refractivity contribution >= 4 is 5.91 Å². The molecule has 0 heterocycles. The highest BCUT2D eigenvalue weighted by Gasteiger charge is 2.15. The maximum Gasteiger partial charge on any atom is 0.227 e. The van der Waals surface area contributed by atoms with E-state index in [1.54, 1.807) is 6.92 Å². The molecule has 0 aliphatic carbocycles. The van der Waals surface area contributed by atoms with E-state index in [1.807, 2.05) is 36.4 Å². The summed E-state index contributed by atoms with van der Waals surface area (Å²) < 4.78 is 13.7. The van der Waals surface area contributed by atoms with Crippen molar-refractivity contribution < 1.29 is 9.18 Å². The lowest BCUT2D eigenvalue weighted by atomic mass is 10.0. The third-order valence-electron chi connectivity index (χ3n) is 3.33. The third kappa shape index (κ3) is 3.67. The monoisotopic (exact) mass is 282 g/mol. The summed E-state index contributed by atoms with van der Waals surface area (Å²) in [5, 5.41) is 11.4. The number of hydrogen-bond acceptors (Lipinski definition) is 2. The molecule has 1 unspecified atom stereocenters. The molecule has 0 saturated heterocycles. The van der Waals surface area contributed by atoms with E-state index in [0.717, 1.165) is 5.56 Å². The van der Waals surface area contributed by atoms with Crippen molar-refractivity contribution in [1.29, 1.82) is 5.26 Å². The van der Waals surface area contributed by atoms with E-state index in [1.165, 1.54) is 18.2 Å².